The van der Waals surface area contributed by atoms with E-state index in [1.807, 2.05) is 36.8 Å². The van der Waals surface area contributed by atoms with Gasteiger partial charge < -0.3 is 19.5 Å². The number of aldehydes is 3. The number of nitrogens with zero attached hydrogens (tertiary/aromatic N) is 4. The first-order valence-electron chi connectivity index (χ1n) is 13.7. The lowest BCUT2D eigenvalue weighted by atomic mass is 9.89. The maximum Gasteiger partial charge on any atom is 0.154 e. The lowest BCUT2D eigenvalue weighted by molar-refractivity contribution is -0.110. The highest BCUT2D eigenvalue weighted by molar-refractivity contribution is 5.99. The number of rotatable bonds is 11. The van der Waals surface area contributed by atoms with Gasteiger partial charge in [-0.2, -0.15) is 5.26 Å². The minimum Gasteiger partial charge on any atom is -0.373 e. The number of nitriles is 1. The maximum absolute atomic E-state index is 15.6. The number of anilines is 1. The van der Waals surface area contributed by atoms with Crippen LogP contribution in [0.3, 0.4) is 0 Å². The van der Waals surface area contributed by atoms with Crippen molar-refractivity contribution in [2.45, 2.75) is 58.4 Å². The van der Waals surface area contributed by atoms with Crippen LogP contribution in [0.1, 0.15) is 50.7 Å². The van der Waals surface area contributed by atoms with Crippen LogP contribution in [0, 0.1) is 23.2 Å². The average Bonchev–Trinajstić information content (AvgIpc) is 3.78. The Bertz CT molecular complexity index is 1250. The van der Waals surface area contributed by atoms with Gasteiger partial charge in [-0.05, 0) is 61.4 Å². The van der Waals surface area contributed by atoms with Crippen molar-refractivity contribution in [1.82, 2.24) is 9.80 Å². The van der Waals surface area contributed by atoms with Crippen molar-refractivity contribution < 1.29 is 18.8 Å². The van der Waals surface area contributed by atoms with Crippen molar-refractivity contribution in [3.63, 3.8) is 0 Å². The zero-order valence-electron chi connectivity index (χ0n) is 23.0. The van der Waals surface area contributed by atoms with Crippen LogP contribution in [0.25, 0.3) is 0 Å². The normalized spacial score (nSPS) is 19.9. The van der Waals surface area contributed by atoms with E-state index in [0.29, 0.717) is 37.9 Å². The van der Waals surface area contributed by atoms with E-state index in [1.165, 1.54) is 11.1 Å². The summed E-state index contributed by atoms with van der Waals surface area (Å²) >= 11 is 0. The molecular weight excluding hydrogens is 495 g/mol. The fourth-order valence-electron chi connectivity index (χ4n) is 5.88. The summed E-state index contributed by atoms with van der Waals surface area (Å²) in [6.07, 6.45) is 7.58. The van der Waals surface area contributed by atoms with Gasteiger partial charge in [-0.1, -0.05) is 13.0 Å². The summed E-state index contributed by atoms with van der Waals surface area (Å²) in [5.41, 5.74) is 6.02. The summed E-state index contributed by atoms with van der Waals surface area (Å²) in [6, 6.07) is 8.75. The van der Waals surface area contributed by atoms with Crippen molar-refractivity contribution in [2.75, 3.05) is 31.6 Å². The third-order valence-corrected chi connectivity index (χ3v) is 8.03. The average molecular weight is 533 g/mol. The van der Waals surface area contributed by atoms with Gasteiger partial charge in [-0.25, -0.2) is 4.39 Å². The molecule has 0 spiro atoms. The van der Waals surface area contributed by atoms with Gasteiger partial charge in [0.1, 0.15) is 12.1 Å². The molecule has 39 heavy (non-hydrogen) atoms. The molecule has 2 unspecified atom stereocenters. The van der Waals surface area contributed by atoms with E-state index in [1.54, 1.807) is 6.20 Å². The zero-order valence-corrected chi connectivity index (χ0v) is 23.0. The largest absolute Gasteiger partial charge is 0.373 e. The first kappa shape index (κ1) is 28.3. The molecule has 2 aliphatic carbocycles. The highest BCUT2D eigenvalue weighted by Crippen LogP contribution is 2.43. The predicted octanol–water partition coefficient (Wildman–Crippen LogP) is 4.49. The smallest absolute Gasteiger partial charge is 0.154 e. The molecule has 0 amide bonds. The molecule has 1 saturated carbocycles. The third kappa shape index (κ3) is 6.30. The monoisotopic (exact) mass is 532 g/mol. The number of fused-ring (bicyclic) bond motifs is 1. The summed E-state index contributed by atoms with van der Waals surface area (Å²) in [5.74, 6) is -0.531. The standard InChI is InChI=1S/C31H37FN4O3/c1-21-14-29(32)31(22(2)30(21)36(27-6-7-27)18-24(19-38)20-39)35-11-8-25-4-5-28(15-26(25)9-12-35)34(3)17-23(16-33)10-13-37/h4-5,13,15,18-21,23,27H,6-12,14,17H2,1-3H3. The molecule has 0 bridgehead atoms. The van der Waals surface area contributed by atoms with Gasteiger partial charge in [0.2, 0.25) is 0 Å². The second kappa shape index (κ2) is 12.4. The molecule has 8 heteroatoms. The van der Waals surface area contributed by atoms with E-state index in [0.717, 1.165) is 48.9 Å². The predicted molar refractivity (Wildman–Crippen MR) is 148 cm³/mol. The quantitative estimate of drug-likeness (QED) is 0.180. The molecule has 1 aliphatic heterocycles. The fraction of sp³-hybridized carbons (Fsp3) is 0.484. The van der Waals surface area contributed by atoms with Crippen LogP contribution >= 0.6 is 0 Å². The van der Waals surface area contributed by atoms with Gasteiger partial charge in [0.05, 0.1) is 23.3 Å². The van der Waals surface area contributed by atoms with Gasteiger partial charge in [0.15, 0.2) is 12.6 Å². The minimum absolute atomic E-state index is 0.0659. The van der Waals surface area contributed by atoms with Gasteiger partial charge in [0.25, 0.3) is 0 Å². The molecule has 3 aliphatic rings. The molecule has 0 saturated heterocycles. The third-order valence-electron chi connectivity index (χ3n) is 8.03. The number of benzene rings is 1. The number of hydrogen-bond acceptors (Lipinski definition) is 7. The van der Waals surface area contributed by atoms with E-state index in [9.17, 15) is 19.6 Å². The van der Waals surface area contributed by atoms with Gasteiger partial charge in [0, 0.05) is 69.1 Å². The van der Waals surface area contributed by atoms with Crippen molar-refractivity contribution in [3.05, 3.63) is 63.9 Å². The lowest BCUT2D eigenvalue weighted by Gasteiger charge is -2.37. The molecule has 1 aromatic carbocycles. The Morgan fingerprint density at radius 2 is 1.87 bits per heavy atom. The van der Waals surface area contributed by atoms with E-state index >= 15 is 4.39 Å². The van der Waals surface area contributed by atoms with E-state index in [4.69, 9.17) is 0 Å². The first-order valence-corrected chi connectivity index (χ1v) is 13.7. The van der Waals surface area contributed by atoms with Crippen molar-refractivity contribution in [1.29, 1.82) is 5.26 Å². The van der Waals surface area contributed by atoms with Crippen molar-refractivity contribution >= 4 is 24.5 Å². The SMILES string of the molecule is CC1=C(N(C=C(C=O)C=O)C2CC2)C(C)CC(F)=C1N1CCc2ccc(N(C)CC(C#N)CC=O)cc2CC1. The number of carbonyl (C=O) groups excluding carboxylic acids is 3. The maximum atomic E-state index is 15.6. The minimum atomic E-state index is -0.353. The highest BCUT2D eigenvalue weighted by atomic mass is 19.1. The zero-order chi connectivity index (χ0) is 28.1. The fourth-order valence-corrected chi connectivity index (χ4v) is 5.88. The van der Waals surface area contributed by atoms with Crippen LogP contribution in [0.2, 0.25) is 0 Å². The van der Waals surface area contributed by atoms with Gasteiger partial charge in [-0.3, -0.25) is 9.59 Å². The Morgan fingerprint density at radius 1 is 1.18 bits per heavy atom. The molecule has 1 fully saturated rings. The molecule has 0 radical (unpaired) electrons. The molecule has 206 valence electrons. The van der Waals surface area contributed by atoms with Crippen LogP contribution in [0.15, 0.2) is 52.8 Å². The summed E-state index contributed by atoms with van der Waals surface area (Å²) in [4.78, 5) is 39.8. The summed E-state index contributed by atoms with van der Waals surface area (Å²) in [7, 11) is 1.93. The summed E-state index contributed by atoms with van der Waals surface area (Å²) < 4.78 is 15.6. The van der Waals surface area contributed by atoms with Crippen LogP contribution < -0.4 is 4.90 Å². The first-order chi connectivity index (χ1) is 18.8. The Labute approximate surface area is 230 Å². The van der Waals surface area contributed by atoms with Crippen LogP contribution in [-0.4, -0.2) is 61.4 Å². The van der Waals surface area contributed by atoms with Crippen LogP contribution in [0.5, 0.6) is 0 Å². The summed E-state index contributed by atoms with van der Waals surface area (Å²) in [6.45, 7) is 5.79. The van der Waals surface area contributed by atoms with E-state index in [-0.39, 0.29) is 42.1 Å². The van der Waals surface area contributed by atoms with E-state index in [2.05, 4.69) is 23.1 Å². The highest BCUT2D eigenvalue weighted by Gasteiger charge is 2.37. The number of allylic oxidation sites excluding steroid dienone is 4. The Hall–Kier alpha value is -3.73. The Morgan fingerprint density at radius 3 is 2.49 bits per heavy atom. The lowest BCUT2D eigenvalue weighted by Crippen LogP contribution is -2.34. The topological polar surface area (TPSA) is 84.7 Å². The second-order valence-electron chi connectivity index (χ2n) is 10.9. The Balaban J connectivity index is 1.57. The van der Waals surface area contributed by atoms with Crippen molar-refractivity contribution in [2.24, 2.45) is 11.8 Å². The number of halogens is 1. The molecule has 0 N–H and O–H groups in total. The molecule has 4 rings (SSSR count). The number of carbonyl (C=O) groups is 3. The molecule has 1 aromatic rings. The molecule has 7 nitrogen and oxygen atoms in total. The van der Waals surface area contributed by atoms with Crippen LogP contribution in [-0.2, 0) is 27.2 Å². The molecular formula is C31H37FN4O3. The van der Waals surface area contributed by atoms with Gasteiger partial charge in [-0.15, -0.1) is 0 Å². The molecule has 1 heterocycles. The number of hydrogen-bond donors (Lipinski definition) is 0. The Kier molecular flexibility index (Phi) is 9.01. The van der Waals surface area contributed by atoms with E-state index < -0.39 is 0 Å². The molecule has 0 aromatic heterocycles. The molecule has 2 atom stereocenters. The second-order valence-corrected chi connectivity index (χ2v) is 10.9. The van der Waals surface area contributed by atoms with Crippen molar-refractivity contribution in [3.8, 4) is 6.07 Å². The van der Waals surface area contributed by atoms with Gasteiger partial charge >= 0.3 is 0 Å². The van der Waals surface area contributed by atoms with Crippen LogP contribution in [0.4, 0.5) is 10.1 Å². The summed E-state index contributed by atoms with van der Waals surface area (Å²) in [5, 5.41) is 9.33.